The molecule has 1 heterocycles. The molecule has 74 valence electrons. The van der Waals surface area contributed by atoms with Gasteiger partial charge in [0.2, 0.25) is 0 Å². The van der Waals surface area contributed by atoms with E-state index in [0.29, 0.717) is 17.5 Å². The molecule has 2 nitrogen and oxygen atoms in total. The Morgan fingerprint density at radius 3 is 2.21 bits per heavy atom. The van der Waals surface area contributed by atoms with E-state index in [4.69, 9.17) is 5.26 Å². The van der Waals surface area contributed by atoms with Gasteiger partial charge in [0.15, 0.2) is 0 Å². The molecule has 14 heavy (non-hydrogen) atoms. The average Bonchev–Trinajstić information content (AvgIpc) is 2.16. The predicted octanol–water partition coefficient (Wildman–Crippen LogP) is 3.20. The van der Waals surface area contributed by atoms with Gasteiger partial charge in [-0.15, -0.1) is 0 Å². The van der Waals surface area contributed by atoms with Crippen LogP contribution in [0, 0.1) is 11.3 Å². The van der Waals surface area contributed by atoms with Crippen molar-refractivity contribution >= 4 is 0 Å². The summed E-state index contributed by atoms with van der Waals surface area (Å²) in [6, 6.07) is 6.07. The first-order valence-corrected chi connectivity index (χ1v) is 4.96. The lowest BCUT2D eigenvalue weighted by Crippen LogP contribution is -1.99. The lowest BCUT2D eigenvalue weighted by Gasteiger charge is -2.10. The molecular weight excluding hydrogens is 172 g/mol. The van der Waals surface area contributed by atoms with Crippen molar-refractivity contribution in [2.75, 3.05) is 0 Å². The van der Waals surface area contributed by atoms with Gasteiger partial charge in [-0.05, 0) is 29.5 Å². The number of nitrogens with zero attached hydrogens (tertiary/aromatic N) is 2. The first kappa shape index (κ1) is 10.7. The Bertz CT molecular complexity index is 333. The van der Waals surface area contributed by atoms with Crippen molar-refractivity contribution in [3.8, 4) is 6.07 Å². The highest BCUT2D eigenvalue weighted by atomic mass is 14.7. The van der Waals surface area contributed by atoms with Gasteiger partial charge in [0.1, 0.15) is 11.8 Å². The summed E-state index contributed by atoms with van der Waals surface area (Å²) in [5, 5.41) is 8.84. The van der Waals surface area contributed by atoms with Crippen molar-refractivity contribution in [2.45, 2.75) is 39.5 Å². The van der Waals surface area contributed by atoms with Gasteiger partial charge < -0.3 is 0 Å². The third-order valence-corrected chi connectivity index (χ3v) is 2.24. The second kappa shape index (κ2) is 4.23. The number of aromatic nitrogens is 1. The van der Waals surface area contributed by atoms with E-state index in [9.17, 15) is 0 Å². The van der Waals surface area contributed by atoms with Crippen molar-refractivity contribution in [1.29, 1.82) is 5.26 Å². The lowest BCUT2D eigenvalue weighted by atomic mass is 9.99. The van der Waals surface area contributed by atoms with Gasteiger partial charge in [-0.3, -0.25) is 0 Å². The van der Waals surface area contributed by atoms with Gasteiger partial charge in [0, 0.05) is 5.69 Å². The zero-order chi connectivity index (χ0) is 10.7. The van der Waals surface area contributed by atoms with E-state index in [1.165, 1.54) is 5.56 Å². The molecule has 0 atom stereocenters. The molecule has 0 aliphatic rings. The van der Waals surface area contributed by atoms with Crippen LogP contribution < -0.4 is 0 Å². The molecule has 0 spiro atoms. The van der Waals surface area contributed by atoms with Crippen molar-refractivity contribution < 1.29 is 0 Å². The van der Waals surface area contributed by atoms with Gasteiger partial charge in [-0.25, -0.2) is 4.98 Å². The van der Waals surface area contributed by atoms with Crippen LogP contribution in [0.3, 0.4) is 0 Å². The second-order valence-corrected chi connectivity index (χ2v) is 4.13. The fourth-order valence-electron chi connectivity index (χ4n) is 1.26. The van der Waals surface area contributed by atoms with Gasteiger partial charge in [-0.1, -0.05) is 27.7 Å². The van der Waals surface area contributed by atoms with Gasteiger partial charge in [0.25, 0.3) is 0 Å². The Balaban J connectivity index is 3.22. The molecule has 0 N–H and O–H groups in total. The Morgan fingerprint density at radius 1 is 1.14 bits per heavy atom. The molecular formula is C12H16N2. The van der Waals surface area contributed by atoms with Crippen molar-refractivity contribution in [1.82, 2.24) is 4.98 Å². The van der Waals surface area contributed by atoms with E-state index in [1.807, 2.05) is 6.07 Å². The predicted molar refractivity (Wildman–Crippen MR) is 57.1 cm³/mol. The van der Waals surface area contributed by atoms with Crippen LogP contribution in [0.25, 0.3) is 0 Å². The van der Waals surface area contributed by atoms with Crippen LogP contribution in [0.1, 0.15) is 56.5 Å². The zero-order valence-electron chi connectivity index (χ0n) is 9.20. The first-order valence-electron chi connectivity index (χ1n) is 4.96. The molecule has 0 saturated heterocycles. The van der Waals surface area contributed by atoms with Crippen LogP contribution in [-0.4, -0.2) is 4.98 Å². The molecule has 1 rings (SSSR count). The molecule has 0 fully saturated rings. The van der Waals surface area contributed by atoms with Crippen LogP contribution in [-0.2, 0) is 0 Å². The van der Waals surface area contributed by atoms with E-state index in [2.05, 4.69) is 44.8 Å². The van der Waals surface area contributed by atoms with E-state index in [-0.39, 0.29) is 0 Å². The first-order chi connectivity index (χ1) is 6.54. The highest BCUT2D eigenvalue weighted by Gasteiger charge is 2.07. The molecule has 0 aliphatic carbocycles. The van der Waals surface area contributed by atoms with Crippen LogP contribution in [0.4, 0.5) is 0 Å². The smallest absolute Gasteiger partial charge is 0.141 e. The van der Waals surface area contributed by atoms with Crippen molar-refractivity contribution in [3.05, 3.63) is 29.1 Å². The monoisotopic (exact) mass is 188 g/mol. The minimum atomic E-state index is 0.376. The topological polar surface area (TPSA) is 36.7 Å². The summed E-state index contributed by atoms with van der Waals surface area (Å²) in [6.45, 7) is 8.43. The molecule has 1 aromatic heterocycles. The fraction of sp³-hybridized carbons (Fsp3) is 0.500. The Hall–Kier alpha value is -1.36. The maximum absolute atomic E-state index is 8.84. The molecule has 0 aromatic carbocycles. The molecule has 0 bridgehead atoms. The summed E-state index contributed by atoms with van der Waals surface area (Å²) in [4.78, 5) is 4.27. The molecule has 1 aromatic rings. The average molecular weight is 188 g/mol. The molecule has 0 aliphatic heterocycles. The van der Waals surface area contributed by atoms with E-state index < -0.39 is 0 Å². The van der Waals surface area contributed by atoms with Gasteiger partial charge in [-0.2, -0.15) is 5.26 Å². The van der Waals surface area contributed by atoms with E-state index in [0.717, 1.165) is 5.69 Å². The zero-order valence-corrected chi connectivity index (χ0v) is 9.20. The summed E-state index contributed by atoms with van der Waals surface area (Å²) in [7, 11) is 0. The van der Waals surface area contributed by atoms with E-state index in [1.54, 1.807) is 0 Å². The molecule has 0 unspecified atom stereocenters. The summed E-state index contributed by atoms with van der Waals surface area (Å²) < 4.78 is 0. The third-order valence-electron chi connectivity index (χ3n) is 2.24. The molecule has 2 heteroatoms. The maximum Gasteiger partial charge on any atom is 0.141 e. The number of hydrogen-bond donors (Lipinski definition) is 0. The minimum absolute atomic E-state index is 0.376. The van der Waals surface area contributed by atoms with Gasteiger partial charge >= 0.3 is 0 Å². The quantitative estimate of drug-likeness (QED) is 0.714. The summed E-state index contributed by atoms with van der Waals surface area (Å²) >= 11 is 0. The second-order valence-electron chi connectivity index (χ2n) is 4.13. The van der Waals surface area contributed by atoms with Gasteiger partial charge in [0.05, 0.1) is 0 Å². The SMILES string of the molecule is CC(C)c1cc(C#N)nc(C(C)C)c1. The number of rotatable bonds is 2. The Labute approximate surface area is 85.6 Å². The highest BCUT2D eigenvalue weighted by Crippen LogP contribution is 2.20. The molecule has 0 amide bonds. The molecule has 0 saturated carbocycles. The van der Waals surface area contributed by atoms with Crippen molar-refractivity contribution in [2.24, 2.45) is 0 Å². The standard InChI is InChI=1S/C12H16N2/c1-8(2)10-5-11(7-13)14-12(6-10)9(3)4/h5-6,8-9H,1-4H3. The van der Waals surface area contributed by atoms with Crippen LogP contribution >= 0.6 is 0 Å². The highest BCUT2D eigenvalue weighted by molar-refractivity contribution is 5.31. The maximum atomic E-state index is 8.84. The number of hydrogen-bond acceptors (Lipinski definition) is 2. The number of pyridine rings is 1. The normalized spacial score (nSPS) is 10.6. The van der Waals surface area contributed by atoms with Crippen LogP contribution in [0.5, 0.6) is 0 Å². The van der Waals surface area contributed by atoms with Crippen LogP contribution in [0.2, 0.25) is 0 Å². The summed E-state index contributed by atoms with van der Waals surface area (Å²) in [5.74, 6) is 0.823. The lowest BCUT2D eigenvalue weighted by molar-refractivity contribution is 0.796. The Kier molecular flexibility index (Phi) is 3.24. The molecule has 0 radical (unpaired) electrons. The fourth-order valence-corrected chi connectivity index (χ4v) is 1.26. The summed E-state index contributed by atoms with van der Waals surface area (Å²) in [5.41, 5.74) is 2.73. The van der Waals surface area contributed by atoms with Crippen LogP contribution in [0.15, 0.2) is 12.1 Å². The van der Waals surface area contributed by atoms with Crippen molar-refractivity contribution in [3.63, 3.8) is 0 Å². The summed E-state index contributed by atoms with van der Waals surface area (Å²) in [6.07, 6.45) is 0. The Morgan fingerprint density at radius 2 is 1.79 bits per heavy atom. The number of nitriles is 1. The largest absolute Gasteiger partial charge is 0.242 e. The van der Waals surface area contributed by atoms with E-state index >= 15 is 0 Å². The third kappa shape index (κ3) is 2.32. The minimum Gasteiger partial charge on any atom is -0.242 e.